The van der Waals surface area contributed by atoms with Crippen molar-refractivity contribution in [3.63, 3.8) is 0 Å². The van der Waals surface area contributed by atoms with Gasteiger partial charge in [-0.25, -0.2) is 4.52 Å². The van der Waals surface area contributed by atoms with Gasteiger partial charge in [0.15, 0.2) is 5.65 Å². The highest BCUT2D eigenvalue weighted by Crippen LogP contribution is 2.19. The van der Waals surface area contributed by atoms with Crippen molar-refractivity contribution in [3.8, 4) is 11.1 Å². The average Bonchev–Trinajstić information content (AvgIpc) is 3.03. The molecule has 0 amide bonds. The number of nitrogens with zero attached hydrogens (tertiary/aromatic N) is 5. The first-order valence-corrected chi connectivity index (χ1v) is 7.72. The molecule has 0 spiro atoms. The van der Waals surface area contributed by atoms with E-state index >= 15 is 0 Å². The lowest BCUT2D eigenvalue weighted by Gasteiger charge is -2.01. The molecule has 0 atom stereocenters. The molecule has 0 bridgehead atoms. The molecule has 24 heavy (non-hydrogen) atoms. The highest BCUT2D eigenvalue weighted by atomic mass is 15.3. The molecule has 3 aromatic heterocycles. The number of aromatic nitrogens is 5. The lowest BCUT2D eigenvalue weighted by atomic mass is 10.1. The van der Waals surface area contributed by atoms with Crippen molar-refractivity contribution >= 4 is 11.6 Å². The second-order valence-electron chi connectivity index (χ2n) is 5.58. The number of hydrogen-bond donors (Lipinski definition) is 1. The van der Waals surface area contributed by atoms with Gasteiger partial charge in [-0.1, -0.05) is 30.3 Å². The van der Waals surface area contributed by atoms with E-state index in [0.29, 0.717) is 12.5 Å². The van der Waals surface area contributed by atoms with Crippen molar-refractivity contribution in [2.75, 3.05) is 5.32 Å². The monoisotopic (exact) mass is 316 g/mol. The van der Waals surface area contributed by atoms with Crippen molar-refractivity contribution in [3.05, 3.63) is 72.2 Å². The summed E-state index contributed by atoms with van der Waals surface area (Å²) in [6.07, 6.45) is 3.70. The van der Waals surface area contributed by atoms with E-state index in [1.807, 2.05) is 49.5 Å². The molecule has 0 aliphatic rings. The third kappa shape index (κ3) is 2.94. The van der Waals surface area contributed by atoms with Crippen LogP contribution in [0.3, 0.4) is 0 Å². The predicted molar refractivity (Wildman–Crippen MR) is 92.5 cm³/mol. The maximum atomic E-state index is 4.49. The maximum absolute atomic E-state index is 4.49. The Morgan fingerprint density at radius 2 is 1.92 bits per heavy atom. The van der Waals surface area contributed by atoms with Crippen LogP contribution in [0.4, 0.5) is 5.95 Å². The van der Waals surface area contributed by atoms with E-state index < -0.39 is 0 Å². The standard InChI is InChI=1S/C18H16N6/c1-13-9-16(11-20-22-13)15-7-8-17-21-18(23-24(17)12-15)19-10-14-5-3-2-4-6-14/h2-9,11-12H,10H2,1H3,(H,19,23). The van der Waals surface area contributed by atoms with Crippen LogP contribution in [0, 0.1) is 6.92 Å². The molecule has 1 aromatic carbocycles. The zero-order valence-electron chi connectivity index (χ0n) is 13.2. The smallest absolute Gasteiger partial charge is 0.243 e. The molecular weight excluding hydrogens is 300 g/mol. The minimum atomic E-state index is 0.611. The van der Waals surface area contributed by atoms with Crippen LogP contribution in [-0.4, -0.2) is 24.8 Å². The minimum absolute atomic E-state index is 0.611. The topological polar surface area (TPSA) is 68.0 Å². The van der Waals surface area contributed by atoms with E-state index in [0.717, 1.165) is 22.5 Å². The third-order valence-electron chi connectivity index (χ3n) is 3.73. The number of hydrogen-bond acceptors (Lipinski definition) is 5. The van der Waals surface area contributed by atoms with E-state index in [2.05, 4.69) is 37.7 Å². The predicted octanol–water partition coefficient (Wildman–Crippen LogP) is 3.11. The summed E-state index contributed by atoms with van der Waals surface area (Å²) in [5.74, 6) is 0.611. The van der Waals surface area contributed by atoms with Gasteiger partial charge in [0.2, 0.25) is 5.95 Å². The van der Waals surface area contributed by atoms with Crippen molar-refractivity contribution < 1.29 is 0 Å². The van der Waals surface area contributed by atoms with Crippen LogP contribution in [0.25, 0.3) is 16.8 Å². The van der Waals surface area contributed by atoms with Gasteiger partial charge >= 0.3 is 0 Å². The van der Waals surface area contributed by atoms with Gasteiger partial charge in [-0.2, -0.15) is 15.2 Å². The fraction of sp³-hybridized carbons (Fsp3) is 0.111. The molecule has 3 heterocycles. The molecule has 0 aliphatic heterocycles. The molecule has 0 aliphatic carbocycles. The van der Waals surface area contributed by atoms with Crippen LogP contribution < -0.4 is 5.32 Å². The summed E-state index contributed by atoms with van der Waals surface area (Å²) in [5, 5.41) is 15.7. The minimum Gasteiger partial charge on any atom is -0.349 e. The SMILES string of the molecule is Cc1cc(-c2ccc3nc(NCc4ccccc4)nn3c2)cnn1. The molecule has 4 aromatic rings. The summed E-state index contributed by atoms with van der Waals surface area (Å²) in [4.78, 5) is 4.49. The van der Waals surface area contributed by atoms with Crippen LogP contribution in [0.5, 0.6) is 0 Å². The second-order valence-corrected chi connectivity index (χ2v) is 5.58. The van der Waals surface area contributed by atoms with Crippen molar-refractivity contribution in [2.24, 2.45) is 0 Å². The van der Waals surface area contributed by atoms with E-state index in [4.69, 9.17) is 0 Å². The maximum Gasteiger partial charge on any atom is 0.243 e. The summed E-state index contributed by atoms with van der Waals surface area (Å²) >= 11 is 0. The molecule has 0 fully saturated rings. The molecular formula is C18H16N6. The first kappa shape index (κ1) is 14.3. The van der Waals surface area contributed by atoms with Gasteiger partial charge in [0.1, 0.15) is 0 Å². The number of fused-ring (bicyclic) bond motifs is 1. The normalized spacial score (nSPS) is 10.9. The van der Waals surface area contributed by atoms with Crippen molar-refractivity contribution in [2.45, 2.75) is 13.5 Å². The largest absolute Gasteiger partial charge is 0.349 e. The summed E-state index contributed by atoms with van der Waals surface area (Å²) in [5.41, 5.74) is 4.92. The summed E-state index contributed by atoms with van der Waals surface area (Å²) in [6.45, 7) is 2.62. The van der Waals surface area contributed by atoms with Gasteiger partial charge in [-0.05, 0) is 30.7 Å². The van der Waals surface area contributed by atoms with E-state index in [1.54, 1.807) is 10.7 Å². The Morgan fingerprint density at radius 1 is 1.04 bits per heavy atom. The Balaban J connectivity index is 1.59. The van der Waals surface area contributed by atoms with E-state index in [9.17, 15) is 0 Å². The number of rotatable bonds is 4. The van der Waals surface area contributed by atoms with Gasteiger partial charge in [-0.3, -0.25) is 0 Å². The summed E-state index contributed by atoms with van der Waals surface area (Å²) < 4.78 is 1.78. The highest BCUT2D eigenvalue weighted by molar-refractivity contribution is 5.64. The summed E-state index contributed by atoms with van der Waals surface area (Å²) in [6, 6.07) is 16.1. The van der Waals surface area contributed by atoms with E-state index in [-0.39, 0.29) is 0 Å². The van der Waals surface area contributed by atoms with Gasteiger partial charge in [0.25, 0.3) is 0 Å². The Morgan fingerprint density at radius 3 is 2.75 bits per heavy atom. The first-order valence-electron chi connectivity index (χ1n) is 7.72. The van der Waals surface area contributed by atoms with Gasteiger partial charge in [-0.15, -0.1) is 5.10 Å². The zero-order chi connectivity index (χ0) is 16.4. The molecule has 4 rings (SSSR count). The molecule has 118 valence electrons. The number of benzene rings is 1. The summed E-state index contributed by atoms with van der Waals surface area (Å²) in [7, 11) is 0. The van der Waals surface area contributed by atoms with Gasteiger partial charge in [0.05, 0.1) is 11.9 Å². The average molecular weight is 316 g/mol. The van der Waals surface area contributed by atoms with Crippen molar-refractivity contribution in [1.82, 2.24) is 24.8 Å². The molecule has 0 saturated heterocycles. The molecule has 0 saturated carbocycles. The molecule has 6 nitrogen and oxygen atoms in total. The Kier molecular flexibility index (Phi) is 3.63. The number of nitrogens with one attached hydrogen (secondary N) is 1. The first-order chi connectivity index (χ1) is 11.8. The van der Waals surface area contributed by atoms with Crippen LogP contribution in [-0.2, 0) is 6.54 Å². The molecule has 0 unspecified atom stereocenters. The lowest BCUT2D eigenvalue weighted by molar-refractivity contribution is 0.948. The Labute approximate surface area is 139 Å². The fourth-order valence-electron chi connectivity index (χ4n) is 2.54. The molecule has 6 heteroatoms. The number of aryl methyl sites for hydroxylation is 1. The number of anilines is 1. The zero-order valence-corrected chi connectivity index (χ0v) is 13.2. The molecule has 1 N–H and O–H groups in total. The number of pyridine rings is 1. The van der Waals surface area contributed by atoms with E-state index in [1.165, 1.54) is 5.56 Å². The van der Waals surface area contributed by atoms with Gasteiger partial charge in [0, 0.05) is 23.9 Å². The van der Waals surface area contributed by atoms with Crippen LogP contribution in [0.1, 0.15) is 11.3 Å². The van der Waals surface area contributed by atoms with Crippen LogP contribution in [0.15, 0.2) is 60.9 Å². The lowest BCUT2D eigenvalue weighted by Crippen LogP contribution is -2.00. The highest BCUT2D eigenvalue weighted by Gasteiger charge is 2.06. The van der Waals surface area contributed by atoms with Crippen molar-refractivity contribution in [1.29, 1.82) is 0 Å². The van der Waals surface area contributed by atoms with Crippen LogP contribution in [0.2, 0.25) is 0 Å². The second kappa shape index (κ2) is 6.08. The molecule has 0 radical (unpaired) electrons. The quantitative estimate of drug-likeness (QED) is 0.626. The third-order valence-corrected chi connectivity index (χ3v) is 3.73. The fourth-order valence-corrected chi connectivity index (χ4v) is 2.54. The van der Waals surface area contributed by atoms with Crippen LogP contribution >= 0.6 is 0 Å². The Bertz CT molecular complexity index is 977. The van der Waals surface area contributed by atoms with Gasteiger partial charge < -0.3 is 5.32 Å². The Hall–Kier alpha value is -3.28.